The summed E-state index contributed by atoms with van der Waals surface area (Å²) in [6.45, 7) is 11.1. The van der Waals surface area contributed by atoms with Gasteiger partial charge in [-0.25, -0.2) is 0 Å². The molecule has 0 atom stereocenters. The van der Waals surface area contributed by atoms with Gasteiger partial charge >= 0.3 is 0 Å². The molecule has 2 nitrogen and oxygen atoms in total. The normalized spacial score (nSPS) is 15.2. The quantitative estimate of drug-likeness (QED) is 0.507. The van der Waals surface area contributed by atoms with E-state index in [-0.39, 0.29) is 5.41 Å². The summed E-state index contributed by atoms with van der Waals surface area (Å²) in [6.07, 6.45) is 1.04. The number of rotatable bonds is 7. The van der Waals surface area contributed by atoms with Crippen LogP contribution < -0.4 is 0 Å². The first-order chi connectivity index (χ1) is 11.5. The van der Waals surface area contributed by atoms with Gasteiger partial charge in [0.05, 0.1) is 12.0 Å². The monoisotopic (exact) mass is 340 g/mol. The third-order valence-electron chi connectivity index (χ3n) is 4.62. The molecule has 0 radical (unpaired) electrons. The molecule has 128 valence electrons. The second-order valence-corrected chi connectivity index (χ2v) is 12.1. The smallest absolute Gasteiger partial charge is 0.183 e. The Bertz CT molecular complexity index is 657. The first-order valence-corrected chi connectivity index (χ1v) is 12.3. The molecule has 2 aromatic carbocycles. The molecular formula is C21H28O2Si. The average Bonchev–Trinajstić information content (AvgIpc) is 2.84. The molecule has 0 saturated heterocycles. The van der Waals surface area contributed by atoms with Crippen LogP contribution in [0.5, 0.6) is 0 Å². The summed E-state index contributed by atoms with van der Waals surface area (Å²) in [5.74, 6) is 0. The topological polar surface area (TPSA) is 18.5 Å². The van der Waals surface area contributed by atoms with Gasteiger partial charge < -0.3 is 9.16 Å². The van der Waals surface area contributed by atoms with Crippen molar-refractivity contribution >= 4 is 8.32 Å². The maximum Gasteiger partial charge on any atom is 0.183 e. The molecule has 3 rings (SSSR count). The maximum absolute atomic E-state index is 6.42. The van der Waals surface area contributed by atoms with Crippen molar-refractivity contribution in [2.24, 2.45) is 0 Å². The minimum atomic E-state index is -1.62. The van der Waals surface area contributed by atoms with E-state index in [2.05, 4.69) is 75.1 Å². The minimum absolute atomic E-state index is 0.192. The summed E-state index contributed by atoms with van der Waals surface area (Å²) in [7, 11) is -1.62. The van der Waals surface area contributed by atoms with Crippen LogP contribution in [-0.4, -0.2) is 28.1 Å². The highest BCUT2D eigenvalue weighted by molar-refractivity contribution is 6.69. The van der Waals surface area contributed by atoms with Crippen LogP contribution in [0.15, 0.2) is 48.5 Å². The van der Waals surface area contributed by atoms with E-state index in [1.165, 1.54) is 22.3 Å². The molecule has 0 unspecified atom stereocenters. The second kappa shape index (κ2) is 6.83. The molecule has 3 heteroatoms. The first-order valence-electron chi connectivity index (χ1n) is 8.89. The predicted octanol–water partition coefficient (Wildman–Crippen LogP) is 5.23. The van der Waals surface area contributed by atoms with Crippen LogP contribution in [-0.2, 0) is 14.6 Å². The van der Waals surface area contributed by atoms with Crippen LogP contribution in [0.1, 0.15) is 24.5 Å². The molecule has 0 saturated carbocycles. The zero-order chi connectivity index (χ0) is 17.2. The van der Waals surface area contributed by atoms with Crippen LogP contribution in [0.3, 0.4) is 0 Å². The fraction of sp³-hybridized carbons (Fsp3) is 0.429. The third kappa shape index (κ3) is 3.21. The lowest BCUT2D eigenvalue weighted by molar-refractivity contribution is 0.0744. The van der Waals surface area contributed by atoms with Crippen molar-refractivity contribution < 1.29 is 9.16 Å². The standard InChI is InChI=1S/C21H28O2Si/c1-5-14-22-15-21(16-23-24(2,3)4)19-12-8-6-10-17(19)18-11-7-9-13-20(18)21/h6-13H,5,14-16H2,1-4H3. The van der Waals surface area contributed by atoms with E-state index in [0.29, 0.717) is 13.2 Å². The minimum Gasteiger partial charge on any atom is -0.416 e. The van der Waals surface area contributed by atoms with Gasteiger partial charge in [-0.2, -0.15) is 0 Å². The molecule has 0 N–H and O–H groups in total. The van der Waals surface area contributed by atoms with Gasteiger partial charge in [0, 0.05) is 13.2 Å². The van der Waals surface area contributed by atoms with Gasteiger partial charge in [-0.15, -0.1) is 0 Å². The summed E-state index contributed by atoms with van der Waals surface area (Å²) >= 11 is 0. The summed E-state index contributed by atoms with van der Waals surface area (Å²) in [5, 5.41) is 0. The lowest BCUT2D eigenvalue weighted by atomic mass is 9.79. The molecule has 0 fully saturated rings. The van der Waals surface area contributed by atoms with Gasteiger partial charge in [-0.05, 0) is 48.3 Å². The predicted molar refractivity (Wildman–Crippen MR) is 103 cm³/mol. The SMILES string of the molecule is CCCOCC1(CO[Si](C)(C)C)c2ccccc2-c2ccccc21. The zero-order valence-corrected chi connectivity index (χ0v) is 16.3. The third-order valence-corrected chi connectivity index (χ3v) is 5.63. The van der Waals surface area contributed by atoms with Gasteiger partial charge in [-0.1, -0.05) is 55.5 Å². The lowest BCUT2D eigenvalue weighted by Gasteiger charge is -2.34. The highest BCUT2D eigenvalue weighted by Gasteiger charge is 2.44. The van der Waals surface area contributed by atoms with E-state index < -0.39 is 8.32 Å². The molecule has 1 aliphatic carbocycles. The molecule has 2 aromatic rings. The molecule has 0 aliphatic heterocycles. The Morgan fingerprint density at radius 3 is 1.88 bits per heavy atom. The van der Waals surface area contributed by atoms with Crippen LogP contribution >= 0.6 is 0 Å². The Balaban J connectivity index is 2.08. The van der Waals surface area contributed by atoms with Gasteiger partial charge in [0.1, 0.15) is 0 Å². The van der Waals surface area contributed by atoms with E-state index in [9.17, 15) is 0 Å². The summed E-state index contributed by atoms with van der Waals surface area (Å²) in [6, 6.07) is 17.5. The molecule has 0 amide bonds. The Hall–Kier alpha value is -1.42. The molecule has 24 heavy (non-hydrogen) atoms. The van der Waals surface area contributed by atoms with Crippen LogP contribution in [0, 0.1) is 0 Å². The Morgan fingerprint density at radius 2 is 1.38 bits per heavy atom. The van der Waals surface area contributed by atoms with E-state index in [1.54, 1.807) is 0 Å². The Morgan fingerprint density at radius 1 is 0.833 bits per heavy atom. The van der Waals surface area contributed by atoms with Gasteiger partial charge in [0.15, 0.2) is 8.32 Å². The Labute approximate surface area is 146 Å². The van der Waals surface area contributed by atoms with Crippen molar-refractivity contribution in [3.8, 4) is 11.1 Å². The van der Waals surface area contributed by atoms with Crippen molar-refractivity contribution in [3.63, 3.8) is 0 Å². The first kappa shape index (κ1) is 17.4. The van der Waals surface area contributed by atoms with E-state index in [4.69, 9.17) is 9.16 Å². The fourth-order valence-corrected chi connectivity index (χ4v) is 4.18. The highest BCUT2D eigenvalue weighted by Crippen LogP contribution is 2.49. The van der Waals surface area contributed by atoms with Gasteiger partial charge in [-0.3, -0.25) is 0 Å². The van der Waals surface area contributed by atoms with E-state index >= 15 is 0 Å². The summed E-state index contributed by atoms with van der Waals surface area (Å²) < 4.78 is 12.5. The molecule has 0 aromatic heterocycles. The van der Waals surface area contributed by atoms with E-state index in [1.807, 2.05) is 0 Å². The van der Waals surface area contributed by atoms with Crippen LogP contribution in [0.25, 0.3) is 11.1 Å². The van der Waals surface area contributed by atoms with Crippen LogP contribution in [0.2, 0.25) is 19.6 Å². The van der Waals surface area contributed by atoms with Gasteiger partial charge in [0.2, 0.25) is 0 Å². The van der Waals surface area contributed by atoms with Crippen molar-refractivity contribution in [2.45, 2.75) is 38.4 Å². The molecule has 0 spiro atoms. The summed E-state index contributed by atoms with van der Waals surface area (Å²) in [5.41, 5.74) is 5.16. The van der Waals surface area contributed by atoms with Crippen LogP contribution in [0.4, 0.5) is 0 Å². The summed E-state index contributed by atoms with van der Waals surface area (Å²) in [4.78, 5) is 0. The molecule has 1 aliphatic rings. The average molecular weight is 341 g/mol. The van der Waals surface area contributed by atoms with Crippen molar-refractivity contribution in [3.05, 3.63) is 59.7 Å². The number of ether oxygens (including phenoxy) is 1. The second-order valence-electron chi connectivity index (χ2n) is 7.63. The lowest BCUT2D eigenvalue weighted by Crippen LogP contribution is -2.41. The highest BCUT2D eigenvalue weighted by atomic mass is 28.4. The zero-order valence-electron chi connectivity index (χ0n) is 15.3. The number of benzene rings is 2. The van der Waals surface area contributed by atoms with Gasteiger partial charge in [0.25, 0.3) is 0 Å². The maximum atomic E-state index is 6.42. The molecule has 0 heterocycles. The number of fused-ring (bicyclic) bond motifs is 3. The molecular weight excluding hydrogens is 312 g/mol. The Kier molecular flexibility index (Phi) is 4.95. The van der Waals surface area contributed by atoms with Crippen molar-refractivity contribution in [1.82, 2.24) is 0 Å². The van der Waals surface area contributed by atoms with E-state index in [0.717, 1.165) is 13.0 Å². The largest absolute Gasteiger partial charge is 0.416 e. The number of hydrogen-bond donors (Lipinski definition) is 0. The van der Waals surface area contributed by atoms with Crippen molar-refractivity contribution in [1.29, 1.82) is 0 Å². The van der Waals surface area contributed by atoms with Crippen molar-refractivity contribution in [2.75, 3.05) is 19.8 Å². The fourth-order valence-electron chi connectivity index (χ4n) is 3.50. The molecule has 0 bridgehead atoms. The number of hydrogen-bond acceptors (Lipinski definition) is 2.